The van der Waals surface area contributed by atoms with Gasteiger partial charge in [-0.05, 0) is 30.2 Å². The Hall–Kier alpha value is -3.73. The van der Waals surface area contributed by atoms with Gasteiger partial charge in [-0.3, -0.25) is 5.01 Å². The fraction of sp³-hybridized carbons (Fsp3) is 0.280. The van der Waals surface area contributed by atoms with E-state index in [9.17, 15) is 13.2 Å². The first-order valence-corrected chi connectivity index (χ1v) is 10.6. The lowest BCUT2D eigenvalue weighted by Crippen LogP contribution is -2.35. The molecule has 2 aromatic carbocycles. The van der Waals surface area contributed by atoms with Gasteiger partial charge < -0.3 is 0 Å². The van der Waals surface area contributed by atoms with E-state index in [2.05, 4.69) is 15.1 Å². The first-order chi connectivity index (χ1) is 15.8. The minimum atomic E-state index is -4.52. The largest absolute Gasteiger partial charge is 0.431 e. The number of halogens is 3. The van der Waals surface area contributed by atoms with Gasteiger partial charge in [0.1, 0.15) is 5.71 Å². The molecule has 0 radical (unpaired) electrons. The summed E-state index contributed by atoms with van der Waals surface area (Å²) in [5.41, 5.74) is 3.44. The summed E-state index contributed by atoms with van der Waals surface area (Å²) in [6.07, 6.45) is -2.17. The maximum atomic E-state index is 13.3. The Morgan fingerprint density at radius 3 is 2.36 bits per heavy atom. The molecule has 3 aromatic rings. The van der Waals surface area contributed by atoms with E-state index in [0.29, 0.717) is 17.9 Å². The van der Waals surface area contributed by atoms with Crippen molar-refractivity contribution in [1.82, 2.24) is 9.97 Å². The van der Waals surface area contributed by atoms with Crippen LogP contribution in [0.5, 0.6) is 0 Å². The van der Waals surface area contributed by atoms with Gasteiger partial charge in [0.2, 0.25) is 0 Å². The number of hydrazone groups is 1. The van der Waals surface area contributed by atoms with Gasteiger partial charge in [0.15, 0.2) is 5.82 Å². The van der Waals surface area contributed by atoms with Crippen LogP contribution in [0.25, 0.3) is 11.4 Å². The number of nitriles is 1. The third kappa shape index (κ3) is 4.72. The van der Waals surface area contributed by atoms with Crippen molar-refractivity contribution in [2.45, 2.75) is 38.9 Å². The van der Waals surface area contributed by atoms with Crippen LogP contribution >= 0.6 is 0 Å². The van der Waals surface area contributed by atoms with Gasteiger partial charge in [0.05, 0.1) is 24.2 Å². The van der Waals surface area contributed by atoms with Crippen LogP contribution in [0, 0.1) is 24.2 Å². The Balaban J connectivity index is 1.54. The number of benzene rings is 2. The van der Waals surface area contributed by atoms with Gasteiger partial charge in [-0.2, -0.15) is 23.5 Å². The molecule has 0 saturated carbocycles. The summed E-state index contributed by atoms with van der Waals surface area (Å²) in [5, 5.41) is 14.3. The fourth-order valence-electron chi connectivity index (χ4n) is 3.97. The molecule has 4 rings (SSSR count). The third-order valence-electron chi connectivity index (χ3n) is 5.84. The molecule has 0 N–H and O–H groups in total. The molecule has 8 heteroatoms. The predicted octanol–water partition coefficient (Wildman–Crippen LogP) is 5.70. The average molecular weight is 449 g/mol. The molecule has 0 saturated heterocycles. The van der Waals surface area contributed by atoms with Crippen LogP contribution in [-0.4, -0.2) is 27.9 Å². The molecule has 1 aromatic heterocycles. The number of rotatable bonds is 5. The summed E-state index contributed by atoms with van der Waals surface area (Å²) in [6.45, 7) is 3.40. The van der Waals surface area contributed by atoms with Crippen molar-refractivity contribution in [2.24, 2.45) is 11.0 Å². The highest BCUT2D eigenvalue weighted by atomic mass is 19.4. The van der Waals surface area contributed by atoms with Gasteiger partial charge >= 0.3 is 6.18 Å². The summed E-state index contributed by atoms with van der Waals surface area (Å²) in [4.78, 5) is 9.10. The van der Waals surface area contributed by atoms with Crippen molar-refractivity contribution < 1.29 is 13.2 Å². The molecule has 5 nitrogen and oxygen atoms in total. The molecule has 0 amide bonds. The van der Waals surface area contributed by atoms with Crippen LogP contribution in [0.2, 0.25) is 0 Å². The molecule has 0 spiro atoms. The normalized spacial score (nSPS) is 18.2. The molecule has 0 aliphatic carbocycles. The van der Waals surface area contributed by atoms with E-state index in [1.165, 1.54) is 11.9 Å². The fourth-order valence-corrected chi connectivity index (χ4v) is 3.97. The number of aromatic nitrogens is 2. The van der Waals surface area contributed by atoms with Gasteiger partial charge in [-0.15, -0.1) is 0 Å². The smallest absolute Gasteiger partial charge is 0.261 e. The topological polar surface area (TPSA) is 65.2 Å². The Bertz CT molecular complexity index is 1200. The summed E-state index contributed by atoms with van der Waals surface area (Å²) in [6, 6.07) is 18.2. The molecular weight excluding hydrogens is 427 g/mol. The zero-order valence-corrected chi connectivity index (χ0v) is 18.2. The van der Waals surface area contributed by atoms with Crippen molar-refractivity contribution in [1.29, 1.82) is 5.26 Å². The summed E-state index contributed by atoms with van der Waals surface area (Å²) < 4.78 is 40.0. The molecule has 2 atom stereocenters. The van der Waals surface area contributed by atoms with Crippen LogP contribution in [0.15, 0.2) is 65.9 Å². The van der Waals surface area contributed by atoms with Gasteiger partial charge in [0.25, 0.3) is 0 Å². The molecule has 168 valence electrons. The van der Waals surface area contributed by atoms with E-state index >= 15 is 0 Å². The molecule has 0 fully saturated rings. The highest BCUT2D eigenvalue weighted by Crippen LogP contribution is 2.36. The minimum Gasteiger partial charge on any atom is -0.261 e. The van der Waals surface area contributed by atoms with Crippen LogP contribution in [0.4, 0.5) is 18.9 Å². The quantitative estimate of drug-likeness (QED) is 0.501. The first-order valence-electron chi connectivity index (χ1n) is 10.6. The summed E-state index contributed by atoms with van der Waals surface area (Å²) in [5.74, 6) is -0.218. The highest BCUT2D eigenvalue weighted by molar-refractivity contribution is 5.95. The zero-order valence-electron chi connectivity index (χ0n) is 18.2. The van der Waals surface area contributed by atoms with E-state index in [0.717, 1.165) is 22.4 Å². The maximum Gasteiger partial charge on any atom is 0.431 e. The van der Waals surface area contributed by atoms with E-state index in [4.69, 9.17) is 5.26 Å². The average Bonchev–Trinajstić information content (AvgIpc) is 3.13. The monoisotopic (exact) mass is 449 g/mol. The number of anilines is 1. The maximum absolute atomic E-state index is 13.3. The second-order valence-electron chi connectivity index (χ2n) is 8.06. The lowest BCUT2D eigenvalue weighted by molar-refractivity contribution is -0.0620. The van der Waals surface area contributed by atoms with Crippen LogP contribution < -0.4 is 5.01 Å². The Kier molecular flexibility index (Phi) is 6.14. The Morgan fingerprint density at radius 1 is 1.06 bits per heavy atom. The summed E-state index contributed by atoms with van der Waals surface area (Å²) in [7, 11) is 0. The Morgan fingerprint density at radius 2 is 1.76 bits per heavy atom. The number of hydrogen-bond acceptors (Lipinski definition) is 5. The van der Waals surface area contributed by atoms with Crippen molar-refractivity contribution in [3.05, 3.63) is 77.6 Å². The van der Waals surface area contributed by atoms with Gasteiger partial charge in [0, 0.05) is 29.8 Å². The molecule has 0 bridgehead atoms. The number of aryl methyl sites for hydroxylation is 1. The van der Waals surface area contributed by atoms with Crippen molar-refractivity contribution >= 4 is 11.4 Å². The summed E-state index contributed by atoms with van der Waals surface area (Å²) >= 11 is 0. The second kappa shape index (κ2) is 9.02. The zero-order chi connectivity index (χ0) is 23.6. The van der Waals surface area contributed by atoms with E-state index < -0.39 is 23.8 Å². The molecule has 0 unspecified atom stereocenters. The highest BCUT2D eigenvalue weighted by Gasteiger charge is 2.48. The van der Waals surface area contributed by atoms with E-state index in [-0.39, 0.29) is 6.42 Å². The molecule has 2 heterocycles. The molecule has 1 aliphatic rings. The molecule has 33 heavy (non-hydrogen) atoms. The number of nitrogens with zero attached hydrogens (tertiary/aromatic N) is 5. The SMILES string of the molecule is Cc1nc(-c2ccccc2)ncc1Cc1ccc(N2N=C(C(F)(F)F)[C@@H](C)[C@@H]2CC#N)cc1. The van der Waals surface area contributed by atoms with E-state index in [1.54, 1.807) is 12.1 Å². The molecular formula is C25H22F3N5. The lowest BCUT2D eigenvalue weighted by Gasteiger charge is -2.24. The van der Waals surface area contributed by atoms with Crippen molar-refractivity contribution in [3.63, 3.8) is 0 Å². The van der Waals surface area contributed by atoms with Crippen molar-refractivity contribution in [3.8, 4) is 17.5 Å². The van der Waals surface area contributed by atoms with Crippen LogP contribution in [-0.2, 0) is 6.42 Å². The number of hydrogen-bond donors (Lipinski definition) is 0. The van der Waals surface area contributed by atoms with Crippen LogP contribution in [0.1, 0.15) is 30.2 Å². The number of alkyl halides is 3. The first kappa shape index (κ1) is 22.5. The predicted molar refractivity (Wildman–Crippen MR) is 121 cm³/mol. The van der Waals surface area contributed by atoms with E-state index in [1.807, 2.05) is 61.7 Å². The van der Waals surface area contributed by atoms with Gasteiger partial charge in [-0.25, -0.2) is 9.97 Å². The lowest BCUT2D eigenvalue weighted by atomic mass is 9.95. The second-order valence-corrected chi connectivity index (χ2v) is 8.06. The molecule has 1 aliphatic heterocycles. The third-order valence-corrected chi connectivity index (χ3v) is 5.84. The standard InChI is InChI=1S/C25H22F3N5/c1-16-22(12-13-29)33(32-23(16)25(26,27)28)21-10-8-18(9-11-21)14-20-15-30-24(31-17(20)2)19-6-4-3-5-7-19/h3-11,15-16,22H,12,14H2,1-2H3/t16-,22-/m0/s1. The van der Waals surface area contributed by atoms with Crippen LogP contribution in [0.3, 0.4) is 0 Å². The van der Waals surface area contributed by atoms with Gasteiger partial charge in [-0.1, -0.05) is 49.4 Å². The Labute approximate surface area is 190 Å². The van der Waals surface area contributed by atoms with Crippen molar-refractivity contribution in [2.75, 3.05) is 5.01 Å². The minimum absolute atomic E-state index is 0.0453.